The Hall–Kier alpha value is -2.28. The van der Waals surface area contributed by atoms with Gasteiger partial charge in [0.1, 0.15) is 5.56 Å². The molecule has 108 valence electrons. The van der Waals surface area contributed by atoms with Crippen molar-refractivity contribution in [2.24, 2.45) is 0 Å². The first-order chi connectivity index (χ1) is 10.1. The SMILES string of the molecule is Cc1cccc(C(=O)Nc2nc3c(s2)CCC3)c1[N+](=O)[O-]. The molecule has 3 rings (SSSR count). The van der Waals surface area contributed by atoms with E-state index in [1.807, 2.05) is 0 Å². The van der Waals surface area contributed by atoms with E-state index in [9.17, 15) is 14.9 Å². The number of fused-ring (bicyclic) bond motifs is 1. The van der Waals surface area contributed by atoms with Gasteiger partial charge in [0.2, 0.25) is 0 Å². The van der Waals surface area contributed by atoms with Crippen molar-refractivity contribution in [3.8, 4) is 0 Å². The number of nitrogens with zero attached hydrogens (tertiary/aromatic N) is 2. The minimum absolute atomic E-state index is 0.0651. The molecule has 0 fully saturated rings. The minimum atomic E-state index is -0.522. The number of benzene rings is 1. The summed E-state index contributed by atoms with van der Waals surface area (Å²) >= 11 is 1.45. The summed E-state index contributed by atoms with van der Waals surface area (Å²) < 4.78 is 0. The van der Waals surface area contributed by atoms with Gasteiger partial charge in [0.15, 0.2) is 5.13 Å². The van der Waals surface area contributed by atoms with Crippen molar-refractivity contribution >= 4 is 28.1 Å². The van der Waals surface area contributed by atoms with E-state index in [1.54, 1.807) is 19.1 Å². The third kappa shape index (κ3) is 2.52. The van der Waals surface area contributed by atoms with Gasteiger partial charge in [-0.2, -0.15) is 0 Å². The molecule has 7 heteroatoms. The van der Waals surface area contributed by atoms with Crippen molar-refractivity contribution in [1.82, 2.24) is 4.98 Å². The number of para-hydroxylation sites is 1. The molecule has 1 amide bonds. The highest BCUT2D eigenvalue weighted by molar-refractivity contribution is 7.16. The highest BCUT2D eigenvalue weighted by Crippen LogP contribution is 2.31. The third-order valence-electron chi connectivity index (χ3n) is 3.48. The van der Waals surface area contributed by atoms with Gasteiger partial charge < -0.3 is 0 Å². The Balaban J connectivity index is 1.88. The minimum Gasteiger partial charge on any atom is -0.298 e. The molecule has 1 heterocycles. The summed E-state index contributed by atoms with van der Waals surface area (Å²) in [6, 6.07) is 4.72. The van der Waals surface area contributed by atoms with Gasteiger partial charge in [-0.25, -0.2) is 4.98 Å². The number of anilines is 1. The molecule has 0 saturated carbocycles. The Kier molecular flexibility index (Phi) is 3.42. The van der Waals surface area contributed by atoms with E-state index >= 15 is 0 Å². The first-order valence-electron chi connectivity index (χ1n) is 6.60. The Bertz CT molecular complexity index is 718. The number of hydrogen-bond donors (Lipinski definition) is 1. The lowest BCUT2D eigenvalue weighted by Gasteiger charge is -2.05. The fourth-order valence-electron chi connectivity index (χ4n) is 2.49. The summed E-state index contributed by atoms with van der Waals surface area (Å²) in [4.78, 5) is 28.4. The fraction of sp³-hybridized carbons (Fsp3) is 0.286. The van der Waals surface area contributed by atoms with Crippen LogP contribution in [0.5, 0.6) is 0 Å². The number of nitro benzene ring substituents is 1. The Morgan fingerprint density at radius 2 is 2.24 bits per heavy atom. The average molecular weight is 303 g/mol. The van der Waals surface area contributed by atoms with E-state index < -0.39 is 10.8 Å². The Labute approximate surface area is 125 Å². The maximum atomic E-state index is 12.3. The van der Waals surface area contributed by atoms with Crippen molar-refractivity contribution in [2.75, 3.05) is 5.32 Å². The van der Waals surface area contributed by atoms with Gasteiger partial charge in [-0.1, -0.05) is 12.1 Å². The number of nitro groups is 1. The van der Waals surface area contributed by atoms with Gasteiger partial charge in [0.05, 0.1) is 10.6 Å². The monoisotopic (exact) mass is 303 g/mol. The smallest absolute Gasteiger partial charge is 0.285 e. The van der Waals surface area contributed by atoms with Crippen LogP contribution in [0.3, 0.4) is 0 Å². The van der Waals surface area contributed by atoms with Crippen LogP contribution >= 0.6 is 11.3 Å². The maximum absolute atomic E-state index is 12.3. The second kappa shape index (κ2) is 5.25. The number of amides is 1. The van der Waals surface area contributed by atoms with Crippen LogP contribution in [0.25, 0.3) is 0 Å². The number of rotatable bonds is 3. The zero-order valence-electron chi connectivity index (χ0n) is 11.4. The first kappa shape index (κ1) is 13.7. The zero-order valence-corrected chi connectivity index (χ0v) is 12.2. The molecule has 1 N–H and O–H groups in total. The summed E-state index contributed by atoms with van der Waals surface area (Å²) in [6.07, 6.45) is 3.03. The van der Waals surface area contributed by atoms with E-state index in [2.05, 4.69) is 10.3 Å². The molecule has 2 aromatic rings. The number of carbonyl (C=O) groups is 1. The van der Waals surface area contributed by atoms with Crippen LogP contribution < -0.4 is 5.32 Å². The average Bonchev–Trinajstić information content (AvgIpc) is 2.98. The van der Waals surface area contributed by atoms with Gasteiger partial charge in [0, 0.05) is 10.4 Å². The maximum Gasteiger partial charge on any atom is 0.285 e. The number of aromatic nitrogens is 1. The summed E-state index contributed by atoms with van der Waals surface area (Å²) in [5, 5.41) is 14.3. The van der Waals surface area contributed by atoms with E-state index in [1.165, 1.54) is 22.3 Å². The molecule has 0 spiro atoms. The second-order valence-corrected chi connectivity index (χ2v) is 6.01. The molecule has 0 radical (unpaired) electrons. The standard InChI is InChI=1S/C14H13N3O3S/c1-8-4-2-5-9(12(8)17(19)20)13(18)16-14-15-10-6-3-7-11(10)21-14/h2,4-5H,3,6-7H2,1H3,(H,15,16,18). The summed E-state index contributed by atoms with van der Waals surface area (Å²) in [6.45, 7) is 1.62. The molecule has 21 heavy (non-hydrogen) atoms. The van der Waals surface area contributed by atoms with Crippen LogP contribution in [0, 0.1) is 17.0 Å². The molecular weight excluding hydrogens is 290 g/mol. The van der Waals surface area contributed by atoms with Crippen LogP contribution in [0.4, 0.5) is 10.8 Å². The molecule has 6 nitrogen and oxygen atoms in total. The highest BCUT2D eigenvalue weighted by atomic mass is 32.1. The summed E-state index contributed by atoms with van der Waals surface area (Å²) in [5.74, 6) is -0.488. The molecule has 1 aliphatic rings. The van der Waals surface area contributed by atoms with E-state index in [-0.39, 0.29) is 11.3 Å². The van der Waals surface area contributed by atoms with Crippen molar-refractivity contribution in [1.29, 1.82) is 0 Å². The summed E-state index contributed by atoms with van der Waals surface area (Å²) in [7, 11) is 0. The third-order valence-corrected chi connectivity index (χ3v) is 4.55. The van der Waals surface area contributed by atoms with Crippen LogP contribution in [-0.2, 0) is 12.8 Å². The van der Waals surface area contributed by atoms with Gasteiger partial charge in [-0.05, 0) is 32.3 Å². The topological polar surface area (TPSA) is 85.1 Å². The first-order valence-corrected chi connectivity index (χ1v) is 7.42. The molecule has 1 aromatic carbocycles. The number of aryl methyl sites for hydroxylation is 3. The number of hydrogen-bond acceptors (Lipinski definition) is 5. The molecule has 0 aliphatic heterocycles. The van der Waals surface area contributed by atoms with Crippen molar-refractivity contribution < 1.29 is 9.72 Å². The number of carbonyl (C=O) groups excluding carboxylic acids is 1. The van der Waals surface area contributed by atoms with E-state index in [4.69, 9.17) is 0 Å². The molecule has 0 bridgehead atoms. The van der Waals surface area contributed by atoms with E-state index in [0.717, 1.165) is 25.0 Å². The largest absolute Gasteiger partial charge is 0.298 e. The molecule has 0 saturated heterocycles. The normalized spacial score (nSPS) is 13.0. The van der Waals surface area contributed by atoms with Crippen molar-refractivity contribution in [2.45, 2.75) is 26.2 Å². The summed E-state index contributed by atoms with van der Waals surface area (Å²) in [5.41, 5.74) is 1.41. The van der Waals surface area contributed by atoms with Crippen LogP contribution in [0.1, 0.15) is 32.9 Å². The van der Waals surface area contributed by atoms with E-state index in [0.29, 0.717) is 10.7 Å². The van der Waals surface area contributed by atoms with Gasteiger partial charge in [0.25, 0.3) is 11.6 Å². The number of thiazole rings is 1. The van der Waals surface area contributed by atoms with Crippen molar-refractivity contribution in [3.05, 3.63) is 50.0 Å². The quantitative estimate of drug-likeness (QED) is 0.697. The Morgan fingerprint density at radius 1 is 1.43 bits per heavy atom. The molecule has 1 aliphatic carbocycles. The predicted molar refractivity (Wildman–Crippen MR) is 79.9 cm³/mol. The van der Waals surface area contributed by atoms with Gasteiger partial charge in [-0.15, -0.1) is 11.3 Å². The predicted octanol–water partition coefficient (Wildman–Crippen LogP) is 3.10. The highest BCUT2D eigenvalue weighted by Gasteiger charge is 2.24. The van der Waals surface area contributed by atoms with Gasteiger partial charge >= 0.3 is 0 Å². The lowest BCUT2D eigenvalue weighted by molar-refractivity contribution is -0.385. The lowest BCUT2D eigenvalue weighted by atomic mass is 10.1. The number of nitrogens with one attached hydrogen (secondary N) is 1. The molecule has 0 atom stereocenters. The fourth-order valence-corrected chi connectivity index (χ4v) is 3.54. The van der Waals surface area contributed by atoms with Crippen molar-refractivity contribution in [3.63, 3.8) is 0 Å². The van der Waals surface area contributed by atoms with Crippen LogP contribution in [0.2, 0.25) is 0 Å². The molecule has 0 unspecified atom stereocenters. The molecular formula is C14H13N3O3S. The zero-order chi connectivity index (χ0) is 15.0. The van der Waals surface area contributed by atoms with Crippen LogP contribution in [-0.4, -0.2) is 15.8 Å². The van der Waals surface area contributed by atoms with Crippen LogP contribution in [0.15, 0.2) is 18.2 Å². The second-order valence-electron chi connectivity index (χ2n) is 4.92. The van der Waals surface area contributed by atoms with Gasteiger partial charge in [-0.3, -0.25) is 20.2 Å². The Morgan fingerprint density at radius 3 is 2.95 bits per heavy atom. The molecule has 1 aromatic heterocycles. The lowest BCUT2D eigenvalue weighted by Crippen LogP contribution is -2.14.